The summed E-state index contributed by atoms with van der Waals surface area (Å²) >= 11 is 0. The number of hydrogen-bond acceptors (Lipinski definition) is 1. The first-order chi connectivity index (χ1) is 7.22. The Hall–Kier alpha value is -1.35. The summed E-state index contributed by atoms with van der Waals surface area (Å²) in [4.78, 5) is 3.20. The lowest BCUT2D eigenvalue weighted by Crippen LogP contribution is -2.00. The number of aromatic nitrogens is 1. The molecule has 0 saturated heterocycles. The molecular weight excluding hydrogens is 191 g/mol. The van der Waals surface area contributed by atoms with Crippen LogP contribution in [0, 0.1) is 12.7 Å². The molecule has 0 bridgehead atoms. The summed E-state index contributed by atoms with van der Waals surface area (Å²) in [5.74, 6) is -0.200. The first kappa shape index (κ1) is 10.2. The van der Waals surface area contributed by atoms with Crippen molar-refractivity contribution >= 4 is 10.9 Å². The van der Waals surface area contributed by atoms with Gasteiger partial charge in [-0.05, 0) is 50.1 Å². The zero-order valence-electron chi connectivity index (χ0n) is 8.81. The molecular formula is C12H15FN2. The largest absolute Gasteiger partial charge is 0.358 e. The van der Waals surface area contributed by atoms with E-state index in [0.29, 0.717) is 6.54 Å². The van der Waals surface area contributed by atoms with Gasteiger partial charge in [0.15, 0.2) is 0 Å². The molecule has 1 aromatic carbocycles. The Balaban J connectivity index is 2.48. The standard InChI is InChI=1S/C12H15FN2/c1-8-10(3-2-6-14)11-5-4-9(13)7-12(11)15-8/h4-5,7,15H,2-3,6,14H2,1H3. The van der Waals surface area contributed by atoms with Gasteiger partial charge < -0.3 is 10.7 Å². The van der Waals surface area contributed by atoms with Crippen molar-refractivity contribution in [1.29, 1.82) is 0 Å². The number of hydrogen-bond donors (Lipinski definition) is 2. The Morgan fingerprint density at radius 3 is 2.93 bits per heavy atom. The SMILES string of the molecule is Cc1[nH]c2cc(F)ccc2c1CCCN. The van der Waals surface area contributed by atoms with Crippen LogP contribution in [-0.2, 0) is 6.42 Å². The maximum atomic E-state index is 13.0. The van der Waals surface area contributed by atoms with E-state index in [-0.39, 0.29) is 5.82 Å². The Morgan fingerprint density at radius 1 is 1.40 bits per heavy atom. The van der Waals surface area contributed by atoms with Crippen LogP contribution in [0.1, 0.15) is 17.7 Å². The lowest BCUT2D eigenvalue weighted by atomic mass is 10.1. The van der Waals surface area contributed by atoms with E-state index in [1.54, 1.807) is 0 Å². The molecule has 0 spiro atoms. The molecule has 0 atom stereocenters. The van der Waals surface area contributed by atoms with E-state index in [9.17, 15) is 4.39 Å². The number of halogens is 1. The van der Waals surface area contributed by atoms with Crippen LogP contribution < -0.4 is 5.73 Å². The highest BCUT2D eigenvalue weighted by Crippen LogP contribution is 2.23. The Kier molecular flexibility index (Phi) is 2.73. The first-order valence-electron chi connectivity index (χ1n) is 5.19. The van der Waals surface area contributed by atoms with Crippen molar-refractivity contribution in [2.45, 2.75) is 19.8 Å². The number of nitrogens with two attached hydrogens (primary N) is 1. The number of aryl methyl sites for hydroxylation is 2. The highest BCUT2D eigenvalue weighted by Gasteiger charge is 2.07. The zero-order valence-corrected chi connectivity index (χ0v) is 8.81. The first-order valence-corrected chi connectivity index (χ1v) is 5.19. The van der Waals surface area contributed by atoms with Gasteiger partial charge in [-0.1, -0.05) is 0 Å². The quantitative estimate of drug-likeness (QED) is 0.796. The van der Waals surface area contributed by atoms with E-state index in [0.717, 1.165) is 29.4 Å². The molecule has 3 N–H and O–H groups in total. The van der Waals surface area contributed by atoms with Gasteiger partial charge in [0.25, 0.3) is 0 Å². The number of nitrogens with one attached hydrogen (secondary N) is 1. The summed E-state index contributed by atoms with van der Waals surface area (Å²) in [6, 6.07) is 4.87. The number of benzene rings is 1. The van der Waals surface area contributed by atoms with E-state index in [2.05, 4.69) is 4.98 Å². The molecule has 0 amide bonds. The van der Waals surface area contributed by atoms with Crippen molar-refractivity contribution in [2.75, 3.05) is 6.54 Å². The lowest BCUT2D eigenvalue weighted by Gasteiger charge is -1.99. The van der Waals surface area contributed by atoms with Crippen LogP contribution in [0.3, 0.4) is 0 Å². The molecule has 1 heterocycles. The van der Waals surface area contributed by atoms with Crippen LogP contribution in [0.2, 0.25) is 0 Å². The fourth-order valence-electron chi connectivity index (χ4n) is 1.96. The summed E-state index contributed by atoms with van der Waals surface area (Å²) in [5, 5.41) is 1.11. The van der Waals surface area contributed by atoms with E-state index in [1.165, 1.54) is 17.7 Å². The Bertz CT molecular complexity index is 474. The minimum atomic E-state index is -0.200. The van der Waals surface area contributed by atoms with E-state index >= 15 is 0 Å². The number of aromatic amines is 1. The molecule has 2 rings (SSSR count). The smallest absolute Gasteiger partial charge is 0.125 e. The van der Waals surface area contributed by atoms with Gasteiger partial charge in [0.1, 0.15) is 5.82 Å². The molecule has 1 aromatic heterocycles. The summed E-state index contributed by atoms with van der Waals surface area (Å²) in [7, 11) is 0. The van der Waals surface area contributed by atoms with Crippen molar-refractivity contribution in [2.24, 2.45) is 5.73 Å². The number of rotatable bonds is 3. The van der Waals surface area contributed by atoms with Crippen molar-refractivity contribution in [3.8, 4) is 0 Å². The molecule has 0 radical (unpaired) electrons. The van der Waals surface area contributed by atoms with Crippen LogP contribution in [0.5, 0.6) is 0 Å². The third-order valence-electron chi connectivity index (χ3n) is 2.71. The third kappa shape index (κ3) is 1.88. The van der Waals surface area contributed by atoms with Gasteiger partial charge in [-0.15, -0.1) is 0 Å². The van der Waals surface area contributed by atoms with Crippen LogP contribution in [0.15, 0.2) is 18.2 Å². The maximum Gasteiger partial charge on any atom is 0.125 e. The topological polar surface area (TPSA) is 41.8 Å². The fraction of sp³-hybridized carbons (Fsp3) is 0.333. The van der Waals surface area contributed by atoms with Crippen molar-refractivity contribution in [1.82, 2.24) is 4.98 Å². The molecule has 0 saturated carbocycles. The monoisotopic (exact) mass is 206 g/mol. The third-order valence-corrected chi connectivity index (χ3v) is 2.71. The molecule has 2 nitrogen and oxygen atoms in total. The number of H-pyrrole nitrogens is 1. The van der Waals surface area contributed by atoms with Crippen molar-refractivity contribution in [3.63, 3.8) is 0 Å². The van der Waals surface area contributed by atoms with Gasteiger partial charge in [0.2, 0.25) is 0 Å². The molecule has 0 aliphatic rings. The minimum absolute atomic E-state index is 0.200. The second kappa shape index (κ2) is 4.03. The summed E-state index contributed by atoms with van der Waals surface area (Å²) in [6.07, 6.45) is 1.92. The second-order valence-corrected chi connectivity index (χ2v) is 3.81. The van der Waals surface area contributed by atoms with Crippen molar-refractivity contribution < 1.29 is 4.39 Å². The highest BCUT2D eigenvalue weighted by atomic mass is 19.1. The second-order valence-electron chi connectivity index (χ2n) is 3.81. The molecule has 0 unspecified atom stereocenters. The normalized spacial score (nSPS) is 11.1. The van der Waals surface area contributed by atoms with E-state index in [1.807, 2.05) is 13.0 Å². The van der Waals surface area contributed by atoms with Gasteiger partial charge in [-0.2, -0.15) is 0 Å². The summed E-state index contributed by atoms with van der Waals surface area (Å²) in [6.45, 7) is 2.71. The predicted molar refractivity (Wildman–Crippen MR) is 60.4 cm³/mol. The highest BCUT2D eigenvalue weighted by molar-refractivity contribution is 5.84. The van der Waals surface area contributed by atoms with Gasteiger partial charge in [-0.25, -0.2) is 4.39 Å². The maximum absolute atomic E-state index is 13.0. The summed E-state index contributed by atoms with van der Waals surface area (Å²) < 4.78 is 13.0. The molecule has 2 aromatic rings. The fourth-order valence-corrected chi connectivity index (χ4v) is 1.96. The van der Waals surface area contributed by atoms with E-state index in [4.69, 9.17) is 5.73 Å². The molecule has 15 heavy (non-hydrogen) atoms. The lowest BCUT2D eigenvalue weighted by molar-refractivity contribution is 0.629. The number of fused-ring (bicyclic) bond motifs is 1. The Labute approximate surface area is 88.3 Å². The van der Waals surface area contributed by atoms with Crippen LogP contribution in [0.4, 0.5) is 4.39 Å². The van der Waals surface area contributed by atoms with Gasteiger partial charge in [0.05, 0.1) is 0 Å². The molecule has 0 aliphatic heterocycles. The minimum Gasteiger partial charge on any atom is -0.358 e. The average Bonchev–Trinajstić information content (AvgIpc) is 2.50. The molecule has 0 fully saturated rings. The Morgan fingerprint density at radius 2 is 2.20 bits per heavy atom. The zero-order chi connectivity index (χ0) is 10.8. The molecule has 3 heteroatoms. The van der Waals surface area contributed by atoms with Crippen LogP contribution in [0.25, 0.3) is 10.9 Å². The van der Waals surface area contributed by atoms with Crippen LogP contribution >= 0.6 is 0 Å². The predicted octanol–water partition coefficient (Wildman–Crippen LogP) is 2.51. The molecule has 0 aliphatic carbocycles. The van der Waals surface area contributed by atoms with Gasteiger partial charge >= 0.3 is 0 Å². The van der Waals surface area contributed by atoms with Crippen LogP contribution in [-0.4, -0.2) is 11.5 Å². The van der Waals surface area contributed by atoms with Gasteiger partial charge in [0, 0.05) is 16.6 Å². The summed E-state index contributed by atoms with van der Waals surface area (Å²) in [5.41, 5.74) is 8.74. The average molecular weight is 206 g/mol. The van der Waals surface area contributed by atoms with Crippen molar-refractivity contribution in [3.05, 3.63) is 35.3 Å². The van der Waals surface area contributed by atoms with E-state index < -0.39 is 0 Å². The molecule has 80 valence electrons. The van der Waals surface area contributed by atoms with Gasteiger partial charge in [-0.3, -0.25) is 0 Å².